The van der Waals surface area contributed by atoms with Gasteiger partial charge in [-0.25, -0.2) is 19.0 Å². The van der Waals surface area contributed by atoms with Crippen LogP contribution >= 0.6 is 0 Å². The molecule has 3 fully saturated rings. The predicted octanol–water partition coefficient (Wildman–Crippen LogP) is 5.67. The van der Waals surface area contributed by atoms with Gasteiger partial charge in [0.05, 0.1) is 17.1 Å². The number of carbonyl (C=O) groups excluding carboxylic acids is 3. The number of H-pyrrole nitrogens is 1. The number of aromatic carboxylic acids is 1. The summed E-state index contributed by atoms with van der Waals surface area (Å²) in [5.41, 5.74) is 0.791. The van der Waals surface area contributed by atoms with Crippen molar-refractivity contribution in [1.82, 2.24) is 20.2 Å². The van der Waals surface area contributed by atoms with Crippen LogP contribution in [0.3, 0.4) is 0 Å². The average Bonchev–Trinajstić information content (AvgIpc) is 3.64. The number of rotatable bonds is 8. The number of carboxylic acids is 1. The van der Waals surface area contributed by atoms with Crippen LogP contribution < -0.4 is 10.6 Å². The van der Waals surface area contributed by atoms with Crippen LogP contribution in [0.15, 0.2) is 18.2 Å². The van der Waals surface area contributed by atoms with E-state index in [4.69, 9.17) is 4.74 Å². The molecule has 0 unspecified atom stereocenters. The Morgan fingerprint density at radius 3 is 2.42 bits per heavy atom. The maximum Gasteiger partial charge on any atom is 0.407 e. The fourth-order valence-corrected chi connectivity index (χ4v) is 7.60. The molecule has 45 heavy (non-hydrogen) atoms. The number of likely N-dealkylation sites (tertiary alicyclic amines) is 1. The number of alkyl halides is 1. The van der Waals surface area contributed by atoms with Gasteiger partial charge in [-0.05, 0) is 88.8 Å². The van der Waals surface area contributed by atoms with Gasteiger partial charge >= 0.3 is 12.1 Å². The zero-order chi connectivity index (χ0) is 32.3. The molecule has 12 heteroatoms. The Kier molecular flexibility index (Phi) is 9.98. The first-order chi connectivity index (χ1) is 21.4. The summed E-state index contributed by atoms with van der Waals surface area (Å²) in [6.07, 6.45) is 8.00. The lowest BCUT2D eigenvalue weighted by Crippen LogP contribution is -2.50. The summed E-state index contributed by atoms with van der Waals surface area (Å²) in [4.78, 5) is 60.2. The highest BCUT2D eigenvalue weighted by molar-refractivity contribution is 5.99. The Bertz CT molecular complexity index is 1390. The average molecular weight is 628 g/mol. The van der Waals surface area contributed by atoms with Crippen LogP contribution in [0.5, 0.6) is 0 Å². The Balaban J connectivity index is 1.27. The van der Waals surface area contributed by atoms with Gasteiger partial charge in [-0.15, -0.1) is 0 Å². The van der Waals surface area contributed by atoms with Crippen molar-refractivity contribution in [2.45, 2.75) is 103 Å². The standard InChI is InChI=1S/C33H46FN5O6/c1-33(2,3)45-32(44)38-26(18-34)20-9-11-21(12-10-20)30(41)39-16-15-23(19-7-5-4-6-8-19)27(39)29(40)35-22-13-14-24-25(17-22)37-28(36-24)31(42)43/h13-14,17,19-21,23,26-27H,4-12,15-16,18H2,1-3H3,(H,35,40)(H,36,37)(H,38,44)(H,42,43)/t20-,21-,23-,26+,27-/m0/s1. The molecule has 1 aromatic carbocycles. The highest BCUT2D eigenvalue weighted by Crippen LogP contribution is 2.41. The van der Waals surface area contributed by atoms with Crippen molar-refractivity contribution in [3.63, 3.8) is 0 Å². The first-order valence-corrected chi connectivity index (χ1v) is 16.3. The van der Waals surface area contributed by atoms with E-state index in [2.05, 4.69) is 20.6 Å². The van der Waals surface area contributed by atoms with Crippen LogP contribution in [0.1, 0.15) is 95.6 Å². The van der Waals surface area contributed by atoms with Crippen LogP contribution in [0, 0.1) is 23.7 Å². The topological polar surface area (TPSA) is 154 Å². The van der Waals surface area contributed by atoms with E-state index in [1.807, 2.05) is 0 Å². The van der Waals surface area contributed by atoms with Gasteiger partial charge in [-0.2, -0.15) is 0 Å². The molecule has 5 rings (SSSR count). The van der Waals surface area contributed by atoms with Gasteiger partial charge < -0.3 is 30.4 Å². The first-order valence-electron chi connectivity index (χ1n) is 16.3. The number of nitrogens with zero attached hydrogens (tertiary/aromatic N) is 2. The SMILES string of the molecule is CC(C)(C)OC(=O)N[C@H](CF)[C@H]1CC[C@H](C(=O)N2CC[C@@H](C3CCCCC3)[C@H]2C(=O)Nc2ccc3[nH]c(C(=O)O)nc3c2)CC1. The van der Waals surface area contributed by atoms with Gasteiger partial charge in [0.25, 0.3) is 0 Å². The highest BCUT2D eigenvalue weighted by atomic mass is 19.1. The molecule has 2 saturated carbocycles. The minimum Gasteiger partial charge on any atom is -0.475 e. The lowest BCUT2D eigenvalue weighted by molar-refractivity contribution is -0.142. The Morgan fingerprint density at radius 2 is 1.78 bits per heavy atom. The molecule has 1 aliphatic heterocycles. The van der Waals surface area contributed by atoms with E-state index in [1.165, 1.54) is 6.42 Å². The van der Waals surface area contributed by atoms with Crippen molar-refractivity contribution < 1.29 is 33.4 Å². The fourth-order valence-electron chi connectivity index (χ4n) is 7.60. The first kappa shape index (κ1) is 32.7. The Hall–Kier alpha value is -3.70. The van der Waals surface area contributed by atoms with Gasteiger partial charge in [0.2, 0.25) is 17.6 Å². The van der Waals surface area contributed by atoms with Crippen LogP contribution in [-0.2, 0) is 14.3 Å². The van der Waals surface area contributed by atoms with E-state index < -0.39 is 36.4 Å². The summed E-state index contributed by atoms with van der Waals surface area (Å²) in [6.45, 7) is 5.08. The Labute approximate surface area is 263 Å². The van der Waals surface area contributed by atoms with Gasteiger partial charge in [0.15, 0.2) is 0 Å². The number of carbonyl (C=O) groups is 4. The van der Waals surface area contributed by atoms with E-state index >= 15 is 0 Å². The van der Waals surface area contributed by atoms with Crippen LogP contribution in [0.25, 0.3) is 11.0 Å². The molecule has 3 atom stereocenters. The van der Waals surface area contributed by atoms with Crippen LogP contribution in [0.4, 0.5) is 14.9 Å². The number of carboxylic acid groups (broad SMARTS) is 1. The number of benzene rings is 1. The lowest BCUT2D eigenvalue weighted by Gasteiger charge is -2.37. The normalized spacial score (nSPS) is 25.1. The van der Waals surface area contributed by atoms with Crippen molar-refractivity contribution in [2.75, 3.05) is 18.5 Å². The number of ether oxygens (including phenoxy) is 1. The molecule has 0 radical (unpaired) electrons. The number of aromatic amines is 1. The number of anilines is 1. The lowest BCUT2D eigenvalue weighted by atomic mass is 9.76. The van der Waals surface area contributed by atoms with E-state index in [0.29, 0.717) is 54.9 Å². The minimum absolute atomic E-state index is 0.0299. The molecule has 0 spiro atoms. The molecule has 2 aromatic rings. The van der Waals surface area contributed by atoms with E-state index in [1.54, 1.807) is 43.9 Å². The van der Waals surface area contributed by atoms with Gasteiger partial charge in [0.1, 0.15) is 18.3 Å². The summed E-state index contributed by atoms with van der Waals surface area (Å²) in [6, 6.07) is 3.75. The molecular weight excluding hydrogens is 581 g/mol. The number of amides is 3. The largest absolute Gasteiger partial charge is 0.475 e. The monoisotopic (exact) mass is 627 g/mol. The number of imidazole rings is 1. The highest BCUT2D eigenvalue weighted by Gasteiger charge is 2.47. The van der Waals surface area contributed by atoms with Crippen molar-refractivity contribution in [2.24, 2.45) is 23.7 Å². The van der Waals surface area contributed by atoms with Crippen molar-refractivity contribution in [3.8, 4) is 0 Å². The van der Waals surface area contributed by atoms with Gasteiger partial charge in [-0.3, -0.25) is 9.59 Å². The van der Waals surface area contributed by atoms with Gasteiger partial charge in [-0.1, -0.05) is 32.1 Å². The van der Waals surface area contributed by atoms with Gasteiger partial charge in [0, 0.05) is 18.2 Å². The molecule has 246 valence electrons. The Morgan fingerprint density at radius 1 is 1.07 bits per heavy atom. The molecule has 1 saturated heterocycles. The second kappa shape index (κ2) is 13.7. The maximum atomic E-state index is 14.0. The second-order valence-electron chi connectivity index (χ2n) is 14.0. The van der Waals surface area contributed by atoms with E-state index in [0.717, 1.165) is 32.1 Å². The fraction of sp³-hybridized carbons (Fsp3) is 0.667. The number of nitrogens with one attached hydrogen (secondary N) is 3. The number of hydrogen-bond donors (Lipinski definition) is 4. The molecule has 3 aliphatic rings. The molecule has 3 amide bonds. The second-order valence-corrected chi connectivity index (χ2v) is 14.0. The third-order valence-corrected chi connectivity index (χ3v) is 9.76. The third-order valence-electron chi connectivity index (χ3n) is 9.76. The molecule has 1 aromatic heterocycles. The van der Waals surface area contributed by atoms with Crippen LogP contribution in [0.2, 0.25) is 0 Å². The summed E-state index contributed by atoms with van der Waals surface area (Å²) in [5.74, 6) is -1.54. The smallest absolute Gasteiger partial charge is 0.407 e. The van der Waals surface area contributed by atoms with Crippen molar-refractivity contribution >= 4 is 40.6 Å². The zero-order valence-corrected chi connectivity index (χ0v) is 26.4. The number of halogens is 1. The number of alkyl carbamates (subject to hydrolysis) is 1. The summed E-state index contributed by atoms with van der Waals surface area (Å²) < 4.78 is 19.3. The molecule has 11 nitrogen and oxygen atoms in total. The summed E-state index contributed by atoms with van der Waals surface area (Å²) >= 11 is 0. The molecule has 2 heterocycles. The number of hydrogen-bond acceptors (Lipinski definition) is 6. The third kappa shape index (κ3) is 7.76. The number of fused-ring (bicyclic) bond motifs is 1. The maximum absolute atomic E-state index is 14.0. The quantitative estimate of drug-likeness (QED) is 0.294. The minimum atomic E-state index is -1.17. The summed E-state index contributed by atoms with van der Waals surface area (Å²) in [5, 5.41) is 15.0. The molecule has 0 bridgehead atoms. The number of aromatic nitrogens is 2. The van der Waals surface area contributed by atoms with E-state index in [-0.39, 0.29) is 35.4 Å². The predicted molar refractivity (Wildman–Crippen MR) is 166 cm³/mol. The van der Waals surface area contributed by atoms with E-state index in [9.17, 15) is 28.7 Å². The molecule has 4 N–H and O–H groups in total. The molecular formula is C33H46FN5O6. The zero-order valence-electron chi connectivity index (χ0n) is 26.4. The van der Waals surface area contributed by atoms with Crippen LogP contribution in [-0.4, -0.2) is 74.8 Å². The van der Waals surface area contributed by atoms with Crippen molar-refractivity contribution in [1.29, 1.82) is 0 Å². The summed E-state index contributed by atoms with van der Waals surface area (Å²) in [7, 11) is 0. The molecule has 2 aliphatic carbocycles. The van der Waals surface area contributed by atoms with Crippen molar-refractivity contribution in [3.05, 3.63) is 24.0 Å².